The Hall–Kier alpha value is -1.78. The average molecular weight is 235 g/mol. The predicted octanol–water partition coefficient (Wildman–Crippen LogP) is 0.283. The highest BCUT2D eigenvalue weighted by molar-refractivity contribution is 5.75. The smallest absolute Gasteiger partial charge is 0.219 e. The van der Waals surface area contributed by atoms with Crippen molar-refractivity contribution in [1.29, 1.82) is 0 Å². The van der Waals surface area contributed by atoms with E-state index in [1.54, 1.807) is 13.0 Å². The Morgan fingerprint density at radius 2 is 2.35 bits per heavy atom. The van der Waals surface area contributed by atoms with Crippen molar-refractivity contribution in [2.45, 2.75) is 33.2 Å². The number of nitrogens with zero attached hydrogens (tertiary/aromatic N) is 1. The van der Waals surface area contributed by atoms with Gasteiger partial charge in [-0.1, -0.05) is 6.92 Å². The number of hydrogen-bond acceptors (Lipinski definition) is 3. The number of hydrogen-bond donors (Lipinski definition) is 2. The first-order chi connectivity index (χ1) is 8.13. The van der Waals surface area contributed by atoms with Gasteiger partial charge in [0.2, 0.25) is 5.91 Å². The molecular weight excluding hydrogens is 218 g/mol. The molecule has 0 atom stereocenters. The fourth-order valence-corrected chi connectivity index (χ4v) is 2.06. The zero-order valence-electron chi connectivity index (χ0n) is 10.2. The first kappa shape index (κ1) is 11.7. The van der Waals surface area contributed by atoms with Crippen molar-refractivity contribution >= 4 is 5.91 Å². The normalized spacial score (nSPS) is 13.1. The van der Waals surface area contributed by atoms with Crippen molar-refractivity contribution in [2.24, 2.45) is 0 Å². The third-order valence-corrected chi connectivity index (χ3v) is 3.09. The van der Waals surface area contributed by atoms with Crippen molar-refractivity contribution in [3.8, 4) is 0 Å². The highest BCUT2D eigenvalue weighted by Crippen LogP contribution is 2.10. The van der Waals surface area contributed by atoms with E-state index in [0.717, 1.165) is 24.4 Å². The summed E-state index contributed by atoms with van der Waals surface area (Å²) in [6.45, 7) is 4.85. The molecule has 0 aromatic carbocycles. The molecule has 1 amide bonds. The molecule has 0 saturated heterocycles. The maximum absolute atomic E-state index is 11.9. The molecule has 92 valence electrons. The SMILES string of the molecule is CCC(=O)NCc1c(C)n2c(cc1=O)CCN2. The highest BCUT2D eigenvalue weighted by atomic mass is 16.1. The fourth-order valence-electron chi connectivity index (χ4n) is 2.06. The van der Waals surface area contributed by atoms with Gasteiger partial charge in [0, 0.05) is 48.9 Å². The number of amides is 1. The molecule has 0 aliphatic carbocycles. The van der Waals surface area contributed by atoms with Gasteiger partial charge in [-0.05, 0) is 6.92 Å². The van der Waals surface area contributed by atoms with E-state index in [9.17, 15) is 9.59 Å². The zero-order chi connectivity index (χ0) is 12.4. The largest absolute Gasteiger partial charge is 0.352 e. The van der Waals surface area contributed by atoms with E-state index < -0.39 is 0 Å². The van der Waals surface area contributed by atoms with Crippen LogP contribution in [0.3, 0.4) is 0 Å². The number of nitrogens with one attached hydrogen (secondary N) is 2. The van der Waals surface area contributed by atoms with E-state index in [0.29, 0.717) is 18.5 Å². The molecule has 2 rings (SSSR count). The van der Waals surface area contributed by atoms with Crippen molar-refractivity contribution < 1.29 is 4.79 Å². The summed E-state index contributed by atoms with van der Waals surface area (Å²) in [6.07, 6.45) is 1.31. The molecule has 2 heterocycles. The Morgan fingerprint density at radius 3 is 3.06 bits per heavy atom. The summed E-state index contributed by atoms with van der Waals surface area (Å²) in [5.41, 5.74) is 5.77. The topological polar surface area (TPSA) is 63.1 Å². The van der Waals surface area contributed by atoms with Crippen molar-refractivity contribution in [2.75, 3.05) is 12.0 Å². The number of pyridine rings is 1. The molecule has 0 radical (unpaired) electrons. The van der Waals surface area contributed by atoms with Gasteiger partial charge in [-0.2, -0.15) is 0 Å². The Labute approximate surface area is 99.8 Å². The van der Waals surface area contributed by atoms with Gasteiger partial charge < -0.3 is 10.7 Å². The lowest BCUT2D eigenvalue weighted by molar-refractivity contribution is -0.120. The summed E-state index contributed by atoms with van der Waals surface area (Å²) in [5.74, 6) is -0.0396. The van der Waals surface area contributed by atoms with E-state index in [4.69, 9.17) is 0 Å². The Bertz CT molecular complexity index is 505. The minimum absolute atomic E-state index is 0.00820. The maximum atomic E-state index is 11.9. The number of carbonyl (C=O) groups is 1. The van der Waals surface area contributed by atoms with E-state index in [1.165, 1.54) is 0 Å². The van der Waals surface area contributed by atoms with Gasteiger partial charge in [-0.3, -0.25) is 14.3 Å². The number of carbonyl (C=O) groups excluding carboxylic acids is 1. The summed E-state index contributed by atoms with van der Waals surface area (Å²) < 4.78 is 1.94. The van der Waals surface area contributed by atoms with Crippen LogP contribution in [-0.4, -0.2) is 17.1 Å². The average Bonchev–Trinajstić information content (AvgIpc) is 2.76. The summed E-state index contributed by atoms with van der Waals surface area (Å²) in [7, 11) is 0. The van der Waals surface area contributed by atoms with Crippen LogP contribution in [0.1, 0.15) is 30.3 Å². The highest BCUT2D eigenvalue weighted by Gasteiger charge is 2.16. The molecular formula is C12H17N3O2. The lowest BCUT2D eigenvalue weighted by Gasteiger charge is -2.13. The van der Waals surface area contributed by atoms with E-state index in [2.05, 4.69) is 10.7 Å². The number of fused-ring (bicyclic) bond motifs is 1. The summed E-state index contributed by atoms with van der Waals surface area (Å²) >= 11 is 0. The fraction of sp³-hybridized carbons (Fsp3) is 0.500. The second-order valence-corrected chi connectivity index (χ2v) is 4.19. The molecule has 1 aromatic heterocycles. The van der Waals surface area contributed by atoms with Crippen LogP contribution in [0.2, 0.25) is 0 Å². The first-order valence-electron chi connectivity index (χ1n) is 5.88. The van der Waals surface area contributed by atoms with Crippen LogP contribution >= 0.6 is 0 Å². The van der Waals surface area contributed by atoms with Gasteiger partial charge in [-0.25, -0.2) is 0 Å². The lowest BCUT2D eigenvalue weighted by Crippen LogP contribution is -2.28. The van der Waals surface area contributed by atoms with Gasteiger partial charge in [0.05, 0.1) is 0 Å². The molecule has 0 fully saturated rings. The van der Waals surface area contributed by atoms with Crippen molar-refractivity contribution in [3.05, 3.63) is 33.2 Å². The molecule has 0 saturated carbocycles. The van der Waals surface area contributed by atoms with Gasteiger partial charge in [0.15, 0.2) is 5.43 Å². The van der Waals surface area contributed by atoms with Gasteiger partial charge >= 0.3 is 0 Å². The Morgan fingerprint density at radius 1 is 1.59 bits per heavy atom. The molecule has 0 unspecified atom stereocenters. The minimum atomic E-state index is -0.0396. The molecule has 1 aliphatic rings. The van der Waals surface area contributed by atoms with Gasteiger partial charge in [0.1, 0.15) is 0 Å². The Balaban J connectivity index is 2.28. The molecule has 0 spiro atoms. The lowest BCUT2D eigenvalue weighted by atomic mass is 10.1. The Kier molecular flexibility index (Phi) is 3.17. The minimum Gasteiger partial charge on any atom is -0.352 e. The molecule has 2 N–H and O–H groups in total. The summed E-state index contributed by atoms with van der Waals surface area (Å²) in [6, 6.07) is 1.65. The zero-order valence-corrected chi connectivity index (χ0v) is 10.2. The number of rotatable bonds is 3. The maximum Gasteiger partial charge on any atom is 0.219 e. The van der Waals surface area contributed by atoms with Crippen LogP contribution in [0.4, 0.5) is 0 Å². The van der Waals surface area contributed by atoms with Crippen LogP contribution < -0.4 is 16.2 Å². The van der Waals surface area contributed by atoms with Gasteiger partial charge in [0.25, 0.3) is 0 Å². The van der Waals surface area contributed by atoms with Crippen LogP contribution in [0.5, 0.6) is 0 Å². The van der Waals surface area contributed by atoms with Crippen molar-refractivity contribution in [1.82, 2.24) is 9.99 Å². The molecule has 1 aliphatic heterocycles. The third-order valence-electron chi connectivity index (χ3n) is 3.09. The molecule has 17 heavy (non-hydrogen) atoms. The van der Waals surface area contributed by atoms with E-state index in [-0.39, 0.29) is 11.3 Å². The molecule has 1 aromatic rings. The van der Waals surface area contributed by atoms with Crippen molar-refractivity contribution in [3.63, 3.8) is 0 Å². The van der Waals surface area contributed by atoms with Crippen LogP contribution in [-0.2, 0) is 17.8 Å². The second-order valence-electron chi connectivity index (χ2n) is 4.19. The number of aromatic nitrogens is 1. The quantitative estimate of drug-likeness (QED) is 0.791. The van der Waals surface area contributed by atoms with Crippen LogP contribution in [0.15, 0.2) is 10.9 Å². The molecule has 0 bridgehead atoms. The van der Waals surface area contributed by atoms with E-state index >= 15 is 0 Å². The summed E-state index contributed by atoms with van der Waals surface area (Å²) in [5, 5.41) is 2.74. The molecule has 5 heteroatoms. The predicted molar refractivity (Wildman–Crippen MR) is 65.5 cm³/mol. The summed E-state index contributed by atoms with van der Waals surface area (Å²) in [4.78, 5) is 23.1. The van der Waals surface area contributed by atoms with Gasteiger partial charge in [-0.15, -0.1) is 0 Å². The third kappa shape index (κ3) is 2.18. The van der Waals surface area contributed by atoms with Crippen LogP contribution in [0.25, 0.3) is 0 Å². The van der Waals surface area contributed by atoms with E-state index in [1.807, 2.05) is 11.6 Å². The second kappa shape index (κ2) is 4.61. The molecule has 5 nitrogen and oxygen atoms in total. The standard InChI is InChI=1S/C12H17N3O2/c1-3-12(17)13-7-10-8(2)15-9(4-5-14-15)6-11(10)16/h6,14H,3-5,7H2,1-2H3,(H,13,17). The monoisotopic (exact) mass is 235 g/mol. The van der Waals surface area contributed by atoms with Crippen LogP contribution in [0, 0.1) is 6.92 Å². The first-order valence-corrected chi connectivity index (χ1v) is 5.88.